The van der Waals surface area contributed by atoms with Crippen LogP contribution in [0.15, 0.2) is 36.5 Å². The van der Waals surface area contributed by atoms with Crippen molar-refractivity contribution in [3.05, 3.63) is 36.5 Å². The number of ether oxygens (including phenoxy) is 1. The van der Waals surface area contributed by atoms with E-state index in [-0.39, 0.29) is 17.8 Å². The predicted molar refractivity (Wildman–Crippen MR) is 85.8 cm³/mol. The van der Waals surface area contributed by atoms with E-state index in [4.69, 9.17) is 4.74 Å². The van der Waals surface area contributed by atoms with Crippen LogP contribution in [0.5, 0.6) is 5.88 Å². The zero-order valence-electron chi connectivity index (χ0n) is 11.9. The van der Waals surface area contributed by atoms with E-state index in [1.54, 1.807) is 0 Å². The maximum Gasteiger partial charge on any atom is 0.213 e. The van der Waals surface area contributed by atoms with Crippen molar-refractivity contribution >= 4 is 34.2 Å². The van der Waals surface area contributed by atoms with Crippen molar-refractivity contribution in [2.45, 2.75) is 20.8 Å². The van der Waals surface area contributed by atoms with Crippen LogP contribution in [0, 0.1) is 5.41 Å². The first kappa shape index (κ1) is 14.7. The molecule has 0 atom stereocenters. The molecular formula is C16H19ClN2O. The quantitative estimate of drug-likeness (QED) is 0.751. The van der Waals surface area contributed by atoms with Crippen LogP contribution in [0.1, 0.15) is 20.8 Å². The largest absolute Gasteiger partial charge is 0.477 e. The number of hydrogen-bond acceptors (Lipinski definition) is 2. The van der Waals surface area contributed by atoms with Crippen molar-refractivity contribution in [2.24, 2.45) is 5.41 Å². The molecule has 0 spiro atoms. The van der Waals surface area contributed by atoms with Crippen molar-refractivity contribution in [1.29, 1.82) is 0 Å². The Hall–Kier alpha value is -1.74. The zero-order valence-corrected chi connectivity index (χ0v) is 12.8. The molecule has 0 fully saturated rings. The molecule has 3 aromatic rings. The summed E-state index contributed by atoms with van der Waals surface area (Å²) in [5.41, 5.74) is 2.31. The molecule has 2 heterocycles. The fourth-order valence-electron chi connectivity index (χ4n) is 2.10. The first-order valence-electron chi connectivity index (χ1n) is 6.52. The third kappa shape index (κ3) is 2.88. The molecular weight excluding hydrogens is 272 g/mol. The molecule has 3 rings (SSSR count). The molecule has 0 aliphatic carbocycles. The number of nitrogens with one attached hydrogen (secondary N) is 1. The Morgan fingerprint density at radius 2 is 1.85 bits per heavy atom. The fraction of sp³-hybridized carbons (Fsp3) is 0.312. The van der Waals surface area contributed by atoms with Gasteiger partial charge in [0.15, 0.2) is 0 Å². The molecule has 1 N–H and O–H groups in total. The van der Waals surface area contributed by atoms with Crippen LogP contribution in [-0.2, 0) is 0 Å². The summed E-state index contributed by atoms with van der Waals surface area (Å²) in [6, 6.07) is 10.3. The van der Waals surface area contributed by atoms with E-state index >= 15 is 0 Å². The highest BCUT2D eigenvalue weighted by Crippen LogP contribution is 2.27. The molecule has 20 heavy (non-hydrogen) atoms. The molecule has 1 aromatic carbocycles. The summed E-state index contributed by atoms with van der Waals surface area (Å²) in [7, 11) is 0. The Kier molecular flexibility index (Phi) is 3.91. The number of para-hydroxylation sites is 1. The maximum atomic E-state index is 5.77. The second kappa shape index (κ2) is 5.33. The van der Waals surface area contributed by atoms with E-state index in [9.17, 15) is 0 Å². The summed E-state index contributed by atoms with van der Waals surface area (Å²) in [5.74, 6) is 0.687. The third-order valence-electron chi connectivity index (χ3n) is 3.02. The molecule has 2 aromatic heterocycles. The number of halogens is 1. The number of pyridine rings is 1. The van der Waals surface area contributed by atoms with Crippen LogP contribution < -0.4 is 4.74 Å². The standard InChI is InChI=1S/C16H18N2O.ClH/c1-16(2,3)10-19-15-8-12-11-6-4-5-7-13(11)18-14(12)9-17-15;/h4-9,18H,10H2,1-3H3;1H. The first-order valence-corrected chi connectivity index (χ1v) is 6.52. The Bertz CT molecular complexity index is 728. The molecule has 0 aliphatic rings. The highest BCUT2D eigenvalue weighted by Gasteiger charge is 2.12. The van der Waals surface area contributed by atoms with Gasteiger partial charge in [-0.1, -0.05) is 39.0 Å². The van der Waals surface area contributed by atoms with Gasteiger partial charge in [0, 0.05) is 22.4 Å². The van der Waals surface area contributed by atoms with Gasteiger partial charge in [-0.15, -0.1) is 12.4 Å². The van der Waals surface area contributed by atoms with Crippen LogP contribution in [0.4, 0.5) is 0 Å². The number of aromatic amines is 1. The Morgan fingerprint density at radius 1 is 1.10 bits per heavy atom. The smallest absolute Gasteiger partial charge is 0.213 e. The van der Waals surface area contributed by atoms with Gasteiger partial charge in [0.1, 0.15) is 0 Å². The minimum atomic E-state index is 0. The number of fused-ring (bicyclic) bond motifs is 3. The number of H-pyrrole nitrogens is 1. The lowest BCUT2D eigenvalue weighted by molar-refractivity contribution is 0.192. The van der Waals surface area contributed by atoms with Gasteiger partial charge in [-0.2, -0.15) is 0 Å². The summed E-state index contributed by atoms with van der Waals surface area (Å²) in [6.45, 7) is 7.11. The lowest BCUT2D eigenvalue weighted by atomic mass is 9.99. The fourth-order valence-corrected chi connectivity index (χ4v) is 2.10. The summed E-state index contributed by atoms with van der Waals surface area (Å²) in [6.07, 6.45) is 1.84. The maximum absolute atomic E-state index is 5.77. The van der Waals surface area contributed by atoms with Crippen LogP contribution in [0.2, 0.25) is 0 Å². The van der Waals surface area contributed by atoms with E-state index in [1.165, 1.54) is 5.39 Å². The number of benzene rings is 1. The lowest BCUT2D eigenvalue weighted by Gasteiger charge is -2.18. The molecule has 3 nitrogen and oxygen atoms in total. The molecule has 0 saturated heterocycles. The van der Waals surface area contributed by atoms with Crippen molar-refractivity contribution in [3.8, 4) is 5.88 Å². The van der Waals surface area contributed by atoms with Crippen LogP contribution in [0.3, 0.4) is 0 Å². The van der Waals surface area contributed by atoms with Crippen molar-refractivity contribution in [1.82, 2.24) is 9.97 Å². The normalized spacial score (nSPS) is 11.6. The van der Waals surface area contributed by atoms with Gasteiger partial charge in [0.05, 0.1) is 18.3 Å². The van der Waals surface area contributed by atoms with Gasteiger partial charge >= 0.3 is 0 Å². The number of hydrogen-bond donors (Lipinski definition) is 1. The van der Waals surface area contributed by atoms with E-state index in [2.05, 4.69) is 42.9 Å². The molecule has 0 amide bonds. The number of aromatic nitrogens is 2. The van der Waals surface area contributed by atoms with Gasteiger partial charge in [-0.25, -0.2) is 4.98 Å². The summed E-state index contributed by atoms with van der Waals surface area (Å²) in [5, 5.41) is 2.37. The minimum Gasteiger partial charge on any atom is -0.477 e. The summed E-state index contributed by atoms with van der Waals surface area (Å²) >= 11 is 0. The molecule has 0 saturated carbocycles. The molecule has 0 bridgehead atoms. The topological polar surface area (TPSA) is 37.9 Å². The first-order chi connectivity index (χ1) is 9.03. The van der Waals surface area contributed by atoms with Crippen LogP contribution in [-0.4, -0.2) is 16.6 Å². The van der Waals surface area contributed by atoms with Crippen LogP contribution in [0.25, 0.3) is 21.8 Å². The zero-order chi connectivity index (χ0) is 13.5. The van der Waals surface area contributed by atoms with Crippen LogP contribution >= 0.6 is 12.4 Å². The van der Waals surface area contributed by atoms with Gasteiger partial charge in [-0.05, 0) is 11.5 Å². The Morgan fingerprint density at radius 3 is 2.60 bits per heavy atom. The molecule has 0 radical (unpaired) electrons. The third-order valence-corrected chi connectivity index (χ3v) is 3.02. The summed E-state index contributed by atoms with van der Waals surface area (Å²) in [4.78, 5) is 7.71. The van der Waals surface area contributed by atoms with E-state index in [1.807, 2.05) is 24.4 Å². The van der Waals surface area contributed by atoms with E-state index < -0.39 is 0 Å². The van der Waals surface area contributed by atoms with E-state index in [0.29, 0.717) is 12.5 Å². The minimum absolute atomic E-state index is 0. The van der Waals surface area contributed by atoms with E-state index in [0.717, 1.165) is 16.4 Å². The Balaban J connectivity index is 0.00000147. The molecule has 0 aliphatic heterocycles. The van der Waals surface area contributed by atoms with Crippen molar-refractivity contribution in [3.63, 3.8) is 0 Å². The average Bonchev–Trinajstić information content (AvgIpc) is 2.73. The second-order valence-electron chi connectivity index (χ2n) is 6.09. The number of rotatable bonds is 2. The highest BCUT2D eigenvalue weighted by molar-refractivity contribution is 6.07. The van der Waals surface area contributed by atoms with Gasteiger partial charge in [-0.3, -0.25) is 0 Å². The second-order valence-corrected chi connectivity index (χ2v) is 6.09. The highest BCUT2D eigenvalue weighted by atomic mass is 35.5. The monoisotopic (exact) mass is 290 g/mol. The van der Waals surface area contributed by atoms with Gasteiger partial charge in [0.2, 0.25) is 5.88 Å². The molecule has 4 heteroatoms. The van der Waals surface area contributed by atoms with Crippen molar-refractivity contribution < 1.29 is 4.74 Å². The SMILES string of the molecule is CC(C)(C)COc1cc2c(cn1)[nH]c1ccccc12.Cl. The lowest BCUT2D eigenvalue weighted by Crippen LogP contribution is -2.17. The average molecular weight is 291 g/mol. The van der Waals surface area contributed by atoms with Gasteiger partial charge in [0.25, 0.3) is 0 Å². The Labute approximate surface area is 124 Å². The van der Waals surface area contributed by atoms with Crippen molar-refractivity contribution in [2.75, 3.05) is 6.61 Å². The predicted octanol–water partition coefficient (Wildman–Crippen LogP) is 4.56. The molecule has 106 valence electrons. The van der Waals surface area contributed by atoms with Gasteiger partial charge < -0.3 is 9.72 Å². The summed E-state index contributed by atoms with van der Waals surface area (Å²) < 4.78 is 5.77. The molecule has 0 unspecified atom stereocenters. The number of nitrogens with zero attached hydrogens (tertiary/aromatic N) is 1.